The molecule has 6 nitrogen and oxygen atoms in total. The number of amidine groups is 1. The van der Waals surface area contributed by atoms with E-state index in [9.17, 15) is 18.0 Å². The van der Waals surface area contributed by atoms with Crippen molar-refractivity contribution in [3.8, 4) is 0 Å². The molecule has 0 saturated carbocycles. The van der Waals surface area contributed by atoms with E-state index in [2.05, 4.69) is 9.39 Å². The first-order valence-electron chi connectivity index (χ1n) is 7.74. The van der Waals surface area contributed by atoms with Crippen molar-refractivity contribution in [2.75, 3.05) is 0 Å². The number of nitrogens with zero attached hydrogens (tertiary/aromatic N) is 2. The van der Waals surface area contributed by atoms with Crippen molar-refractivity contribution in [1.29, 1.82) is 0 Å². The van der Waals surface area contributed by atoms with Gasteiger partial charge in [-0.2, -0.15) is 8.42 Å². The van der Waals surface area contributed by atoms with Crippen LogP contribution in [0, 0.1) is 0 Å². The van der Waals surface area contributed by atoms with Gasteiger partial charge in [-0.05, 0) is 24.3 Å². The molecule has 0 heterocycles. The van der Waals surface area contributed by atoms with Crippen molar-refractivity contribution in [1.82, 2.24) is 0 Å². The lowest BCUT2D eigenvalue weighted by molar-refractivity contribution is -0.116. The van der Waals surface area contributed by atoms with Gasteiger partial charge < -0.3 is 0 Å². The summed E-state index contributed by atoms with van der Waals surface area (Å²) in [6, 6.07) is 16.1. The molecule has 0 fully saturated rings. The highest BCUT2D eigenvalue weighted by Crippen LogP contribution is 2.15. The summed E-state index contributed by atoms with van der Waals surface area (Å²) in [5, 5.41) is 0. The van der Waals surface area contributed by atoms with Crippen LogP contribution in [0.25, 0.3) is 0 Å². The highest BCUT2D eigenvalue weighted by atomic mass is 32.2. The third-order valence-corrected chi connectivity index (χ3v) is 4.85. The van der Waals surface area contributed by atoms with Gasteiger partial charge in [-0.3, -0.25) is 9.59 Å². The average molecular weight is 366 g/mol. The van der Waals surface area contributed by atoms with Crippen molar-refractivity contribution in [2.45, 2.75) is 11.3 Å². The quantitative estimate of drug-likeness (QED) is 0.616. The average Bonchev–Trinajstić information content (AvgIpc) is 2.65. The molecule has 1 aliphatic carbocycles. The second-order valence-corrected chi connectivity index (χ2v) is 7.07. The maximum Gasteiger partial charge on any atom is 0.284 e. The standard InChI is InChI=1S/C19H14N2O4S/c22-15-11-12-18(23)17(13-15)20-19(14-7-3-1-4-8-14)21-26(24,25)16-9-5-2-6-10-16/h1-12H,13H2. The fourth-order valence-electron chi connectivity index (χ4n) is 2.28. The zero-order valence-corrected chi connectivity index (χ0v) is 14.4. The number of hydrogen-bond acceptors (Lipinski definition) is 4. The van der Waals surface area contributed by atoms with E-state index in [1.54, 1.807) is 48.5 Å². The van der Waals surface area contributed by atoms with E-state index in [-0.39, 0.29) is 28.6 Å². The third kappa shape index (κ3) is 4.07. The molecule has 0 amide bonds. The second kappa shape index (κ2) is 7.37. The predicted octanol–water partition coefficient (Wildman–Crippen LogP) is 2.36. The first-order valence-corrected chi connectivity index (χ1v) is 9.18. The smallest absolute Gasteiger partial charge is 0.284 e. The Hall–Kier alpha value is -3.19. The van der Waals surface area contributed by atoms with E-state index in [1.165, 1.54) is 18.2 Å². The minimum atomic E-state index is -4.02. The molecular formula is C19H14N2O4S. The van der Waals surface area contributed by atoms with Crippen LogP contribution >= 0.6 is 0 Å². The van der Waals surface area contributed by atoms with Gasteiger partial charge in [-0.15, -0.1) is 4.40 Å². The summed E-state index contributed by atoms with van der Waals surface area (Å²) in [4.78, 5) is 27.7. The number of aliphatic imine (C=N–C) groups is 1. The van der Waals surface area contributed by atoms with Crippen molar-refractivity contribution < 1.29 is 18.0 Å². The molecule has 0 atom stereocenters. The number of carbonyl (C=O) groups is 2. The summed E-state index contributed by atoms with van der Waals surface area (Å²) in [5.41, 5.74) is 0.387. The Labute approximate surface area is 150 Å². The summed E-state index contributed by atoms with van der Waals surface area (Å²) in [7, 11) is -4.02. The lowest BCUT2D eigenvalue weighted by Gasteiger charge is -2.08. The molecule has 2 aromatic carbocycles. The van der Waals surface area contributed by atoms with Gasteiger partial charge in [0.1, 0.15) is 0 Å². The van der Waals surface area contributed by atoms with Crippen molar-refractivity contribution >= 4 is 33.1 Å². The van der Waals surface area contributed by atoms with Crippen LogP contribution in [0.15, 0.2) is 87.1 Å². The van der Waals surface area contributed by atoms with Crippen LogP contribution in [-0.4, -0.2) is 31.5 Å². The molecule has 0 N–H and O–H groups in total. The molecule has 0 spiro atoms. The topological polar surface area (TPSA) is 93.0 Å². The fourth-order valence-corrected chi connectivity index (χ4v) is 3.26. The summed E-state index contributed by atoms with van der Waals surface area (Å²) in [5.74, 6) is -0.854. The highest BCUT2D eigenvalue weighted by Gasteiger charge is 2.20. The van der Waals surface area contributed by atoms with Gasteiger partial charge >= 0.3 is 0 Å². The van der Waals surface area contributed by atoms with E-state index < -0.39 is 15.8 Å². The summed E-state index contributed by atoms with van der Waals surface area (Å²) in [6.07, 6.45) is 2.12. The SMILES string of the molecule is O=C1C=CC(=O)C(=NC(=NS(=O)(=O)c2ccccc2)c2ccccc2)C1. The number of benzene rings is 2. The lowest BCUT2D eigenvalue weighted by atomic mass is 10.0. The third-order valence-electron chi connectivity index (χ3n) is 3.57. The molecule has 0 radical (unpaired) electrons. The molecule has 0 bridgehead atoms. The van der Waals surface area contributed by atoms with Crippen molar-refractivity contribution in [3.63, 3.8) is 0 Å². The molecule has 3 rings (SSSR count). The van der Waals surface area contributed by atoms with E-state index in [4.69, 9.17) is 0 Å². The maximum atomic E-state index is 12.6. The van der Waals surface area contributed by atoms with Crippen LogP contribution in [0.4, 0.5) is 0 Å². The Morgan fingerprint density at radius 2 is 1.46 bits per heavy atom. The zero-order chi connectivity index (χ0) is 18.6. The van der Waals surface area contributed by atoms with Gasteiger partial charge in [0.15, 0.2) is 11.6 Å². The van der Waals surface area contributed by atoms with Crippen molar-refractivity contribution in [3.05, 3.63) is 78.4 Å². The van der Waals surface area contributed by atoms with Crippen LogP contribution < -0.4 is 0 Å². The largest absolute Gasteiger partial charge is 0.294 e. The minimum Gasteiger partial charge on any atom is -0.294 e. The number of sulfonamides is 1. The molecule has 0 aliphatic heterocycles. The number of ketones is 2. The Morgan fingerprint density at radius 1 is 0.846 bits per heavy atom. The van der Waals surface area contributed by atoms with Crippen LogP contribution in [-0.2, 0) is 19.6 Å². The molecule has 130 valence electrons. The van der Waals surface area contributed by atoms with Gasteiger partial charge in [0.05, 0.1) is 17.0 Å². The minimum absolute atomic E-state index is 0.0135. The lowest BCUT2D eigenvalue weighted by Crippen LogP contribution is -2.22. The van der Waals surface area contributed by atoms with Gasteiger partial charge in [0, 0.05) is 5.56 Å². The predicted molar refractivity (Wildman–Crippen MR) is 97.8 cm³/mol. The molecule has 1 aliphatic rings. The Kier molecular flexibility index (Phi) is 4.99. The second-order valence-electron chi connectivity index (χ2n) is 5.47. The number of allylic oxidation sites excluding steroid dienone is 2. The molecule has 0 saturated heterocycles. The molecule has 2 aromatic rings. The number of carbonyl (C=O) groups excluding carboxylic acids is 2. The zero-order valence-electron chi connectivity index (χ0n) is 13.6. The molecule has 7 heteroatoms. The van der Waals surface area contributed by atoms with Crippen molar-refractivity contribution in [2.24, 2.45) is 9.39 Å². The van der Waals surface area contributed by atoms with Gasteiger partial charge in [0.25, 0.3) is 10.0 Å². The number of hydrogen-bond donors (Lipinski definition) is 0. The summed E-state index contributed by atoms with van der Waals surface area (Å²) in [6.45, 7) is 0. The van der Waals surface area contributed by atoms with E-state index in [1.807, 2.05) is 0 Å². The van der Waals surface area contributed by atoms with E-state index >= 15 is 0 Å². The highest BCUT2D eigenvalue weighted by molar-refractivity contribution is 7.90. The fraction of sp³-hybridized carbons (Fsp3) is 0.0526. The summed E-state index contributed by atoms with van der Waals surface area (Å²) >= 11 is 0. The molecule has 0 unspecified atom stereocenters. The first-order chi connectivity index (χ1) is 12.5. The Morgan fingerprint density at radius 3 is 2.12 bits per heavy atom. The molecular weight excluding hydrogens is 352 g/mol. The molecule has 26 heavy (non-hydrogen) atoms. The van der Waals surface area contributed by atoms with Crippen LogP contribution in [0.3, 0.4) is 0 Å². The van der Waals surface area contributed by atoms with Crippen LogP contribution in [0.1, 0.15) is 12.0 Å². The Bertz CT molecular complexity index is 1040. The number of rotatable bonds is 3. The maximum absolute atomic E-state index is 12.6. The van der Waals surface area contributed by atoms with Crippen LogP contribution in [0.5, 0.6) is 0 Å². The summed E-state index contributed by atoms with van der Waals surface area (Å²) < 4.78 is 29.0. The van der Waals surface area contributed by atoms with Gasteiger partial charge in [0.2, 0.25) is 5.78 Å². The van der Waals surface area contributed by atoms with Gasteiger partial charge in [-0.25, -0.2) is 4.99 Å². The van der Waals surface area contributed by atoms with E-state index in [0.717, 1.165) is 6.08 Å². The molecule has 0 aromatic heterocycles. The van der Waals surface area contributed by atoms with E-state index in [0.29, 0.717) is 5.56 Å². The normalized spacial score (nSPS) is 16.9. The Balaban J connectivity index is 2.12. The first kappa shape index (κ1) is 17.6. The van der Waals surface area contributed by atoms with Crippen LogP contribution in [0.2, 0.25) is 0 Å². The van der Waals surface area contributed by atoms with Gasteiger partial charge in [-0.1, -0.05) is 48.5 Å². The monoisotopic (exact) mass is 366 g/mol.